The number of carbonyl (C=O) groups is 1. The summed E-state index contributed by atoms with van der Waals surface area (Å²) in [4.78, 5) is 11.6. The average Bonchev–Trinajstić information content (AvgIpc) is 1.91. The topological polar surface area (TPSA) is 29.1 Å². The Balaban J connectivity index is 2.32. The predicted octanol–water partition coefficient (Wildman–Crippen LogP) is 1.50. The van der Waals surface area contributed by atoms with E-state index in [1.165, 1.54) is 6.42 Å². The highest BCUT2D eigenvalue weighted by Crippen LogP contribution is 2.42. The molecule has 2 aliphatic heterocycles. The van der Waals surface area contributed by atoms with Crippen molar-refractivity contribution in [3.05, 3.63) is 0 Å². The molecule has 0 aromatic carbocycles. The first kappa shape index (κ1) is 8.24. The van der Waals surface area contributed by atoms with Gasteiger partial charge in [-0.3, -0.25) is 10.1 Å². The van der Waals surface area contributed by atoms with Gasteiger partial charge in [-0.2, -0.15) is 0 Å². The molecule has 0 unspecified atom stereocenters. The summed E-state index contributed by atoms with van der Waals surface area (Å²) in [6.45, 7) is 6.47. The zero-order valence-corrected chi connectivity index (χ0v) is 8.11. The predicted molar refractivity (Wildman–Crippen MR) is 48.0 cm³/mol. The van der Waals surface area contributed by atoms with Crippen LogP contribution in [0.2, 0.25) is 0 Å². The highest BCUT2D eigenvalue weighted by atomic mass is 16.1. The van der Waals surface area contributed by atoms with Crippen LogP contribution < -0.4 is 5.32 Å². The summed E-state index contributed by atoms with van der Waals surface area (Å²) in [6, 6.07) is 0. The number of Topliss-reactive ketones (excluding diaryl/α,β-unsaturated/α-hetero) is 1. The number of ketones is 1. The number of hydrogen-bond acceptors (Lipinski definition) is 2. The molecule has 0 amide bonds. The van der Waals surface area contributed by atoms with E-state index in [1.54, 1.807) is 0 Å². The Morgan fingerprint density at radius 1 is 1.42 bits per heavy atom. The van der Waals surface area contributed by atoms with Crippen molar-refractivity contribution in [3.63, 3.8) is 0 Å². The van der Waals surface area contributed by atoms with Crippen LogP contribution in [-0.4, -0.2) is 16.9 Å². The number of nitrogens with one attached hydrogen (secondary N) is 1. The molecule has 2 nitrogen and oxygen atoms in total. The Labute approximate surface area is 73.7 Å². The fourth-order valence-electron chi connectivity index (χ4n) is 2.71. The van der Waals surface area contributed by atoms with Gasteiger partial charge in [0, 0.05) is 12.0 Å². The minimum absolute atomic E-state index is 0.168. The lowest BCUT2D eigenvalue weighted by Gasteiger charge is -2.53. The second-order valence-corrected chi connectivity index (χ2v) is 5.04. The van der Waals surface area contributed by atoms with Gasteiger partial charge in [-0.15, -0.1) is 0 Å². The Bertz CT molecular complexity index is 234. The molecule has 0 aromatic heterocycles. The van der Waals surface area contributed by atoms with Crippen LogP contribution in [-0.2, 0) is 4.79 Å². The summed E-state index contributed by atoms with van der Waals surface area (Å²) >= 11 is 0. The standard InChI is InChI=1S/C10H17NO/c1-9(2)7-4-5-10(3,11-9)8(12)6-7/h7,11H,4-6H2,1-3H3/t7-,10+/m0/s1. The first-order chi connectivity index (χ1) is 5.44. The number of piperidine rings is 2. The lowest BCUT2D eigenvalue weighted by Crippen LogP contribution is -2.69. The van der Waals surface area contributed by atoms with Crippen LogP contribution in [0, 0.1) is 5.92 Å². The van der Waals surface area contributed by atoms with Gasteiger partial charge in [-0.05, 0) is 39.5 Å². The number of carbonyl (C=O) groups excluding carboxylic acids is 1. The summed E-state index contributed by atoms with van der Waals surface area (Å²) in [5, 5.41) is 3.47. The van der Waals surface area contributed by atoms with E-state index >= 15 is 0 Å². The molecule has 2 heterocycles. The fourth-order valence-corrected chi connectivity index (χ4v) is 2.71. The van der Waals surface area contributed by atoms with E-state index in [9.17, 15) is 4.79 Å². The van der Waals surface area contributed by atoms with Gasteiger partial charge in [0.25, 0.3) is 0 Å². The van der Waals surface area contributed by atoms with Crippen molar-refractivity contribution >= 4 is 5.78 Å². The monoisotopic (exact) mass is 167 g/mol. The summed E-state index contributed by atoms with van der Waals surface area (Å²) in [6.07, 6.45) is 3.03. The highest BCUT2D eigenvalue weighted by Gasteiger charge is 2.51. The molecule has 1 N–H and O–H groups in total. The van der Waals surface area contributed by atoms with Crippen LogP contribution in [0.3, 0.4) is 0 Å². The van der Waals surface area contributed by atoms with Gasteiger partial charge in [0.05, 0.1) is 5.54 Å². The lowest BCUT2D eigenvalue weighted by molar-refractivity contribution is -0.136. The summed E-state index contributed by atoms with van der Waals surface area (Å²) in [5.74, 6) is 0.977. The van der Waals surface area contributed by atoms with E-state index in [-0.39, 0.29) is 11.1 Å². The molecule has 2 bridgehead atoms. The fraction of sp³-hybridized carbons (Fsp3) is 0.900. The van der Waals surface area contributed by atoms with Crippen LogP contribution in [0.1, 0.15) is 40.0 Å². The number of rotatable bonds is 0. The molecule has 2 saturated heterocycles. The van der Waals surface area contributed by atoms with Gasteiger partial charge in [-0.1, -0.05) is 0 Å². The van der Waals surface area contributed by atoms with Crippen molar-refractivity contribution in [1.29, 1.82) is 0 Å². The third kappa shape index (κ3) is 0.939. The lowest BCUT2D eigenvalue weighted by atomic mass is 9.64. The van der Waals surface area contributed by atoms with E-state index in [1.807, 2.05) is 6.92 Å². The van der Waals surface area contributed by atoms with Crippen molar-refractivity contribution in [2.24, 2.45) is 5.92 Å². The SMILES string of the molecule is CC1(C)N[C@]2(C)CC[C@H]1CC2=O. The maximum Gasteiger partial charge on any atom is 0.152 e. The molecular formula is C10H17NO. The maximum atomic E-state index is 11.6. The Morgan fingerprint density at radius 2 is 2.08 bits per heavy atom. The number of hydrogen-bond donors (Lipinski definition) is 1. The normalized spacial score (nSPS) is 44.9. The molecule has 0 aromatic rings. The van der Waals surface area contributed by atoms with Gasteiger partial charge in [0.15, 0.2) is 5.78 Å². The summed E-state index contributed by atoms with van der Waals surface area (Å²) < 4.78 is 0. The number of fused-ring (bicyclic) bond motifs is 3. The molecule has 3 rings (SSSR count). The third-order valence-electron chi connectivity index (χ3n) is 3.66. The minimum atomic E-state index is -0.210. The Kier molecular flexibility index (Phi) is 1.45. The quantitative estimate of drug-likeness (QED) is 0.592. The second-order valence-electron chi connectivity index (χ2n) is 5.04. The first-order valence-corrected chi connectivity index (χ1v) is 4.77. The first-order valence-electron chi connectivity index (χ1n) is 4.77. The van der Waals surface area contributed by atoms with Crippen LogP contribution >= 0.6 is 0 Å². The van der Waals surface area contributed by atoms with Gasteiger partial charge in [0.2, 0.25) is 0 Å². The molecule has 68 valence electrons. The van der Waals surface area contributed by atoms with Crippen molar-refractivity contribution in [2.75, 3.05) is 0 Å². The van der Waals surface area contributed by atoms with Gasteiger partial charge >= 0.3 is 0 Å². The molecule has 3 fully saturated rings. The molecule has 3 aliphatic rings. The van der Waals surface area contributed by atoms with Crippen molar-refractivity contribution in [3.8, 4) is 0 Å². The Morgan fingerprint density at radius 3 is 2.42 bits per heavy atom. The van der Waals surface area contributed by atoms with Crippen molar-refractivity contribution in [1.82, 2.24) is 5.32 Å². The summed E-state index contributed by atoms with van der Waals surface area (Å²) in [7, 11) is 0. The molecule has 0 radical (unpaired) electrons. The zero-order valence-electron chi connectivity index (χ0n) is 8.11. The second kappa shape index (κ2) is 2.11. The van der Waals surface area contributed by atoms with Crippen molar-refractivity contribution < 1.29 is 4.79 Å². The Hall–Kier alpha value is -0.370. The van der Waals surface area contributed by atoms with Gasteiger partial charge in [0.1, 0.15) is 0 Å². The molecule has 0 spiro atoms. The zero-order chi connectivity index (χ0) is 8.98. The summed E-state index contributed by atoms with van der Waals surface area (Å²) in [5.41, 5.74) is -0.0425. The van der Waals surface area contributed by atoms with Crippen LogP contribution in [0.4, 0.5) is 0 Å². The molecule has 12 heavy (non-hydrogen) atoms. The molecular weight excluding hydrogens is 150 g/mol. The van der Waals surface area contributed by atoms with E-state index in [0.717, 1.165) is 12.8 Å². The van der Waals surface area contributed by atoms with Gasteiger partial charge < -0.3 is 0 Å². The van der Waals surface area contributed by atoms with Crippen LogP contribution in [0.25, 0.3) is 0 Å². The smallest absolute Gasteiger partial charge is 0.152 e. The van der Waals surface area contributed by atoms with E-state index in [4.69, 9.17) is 0 Å². The highest BCUT2D eigenvalue weighted by molar-refractivity contribution is 5.90. The largest absolute Gasteiger partial charge is 0.300 e. The van der Waals surface area contributed by atoms with Crippen LogP contribution in [0.15, 0.2) is 0 Å². The molecule has 2 heteroatoms. The maximum absolute atomic E-state index is 11.6. The van der Waals surface area contributed by atoms with E-state index in [2.05, 4.69) is 19.2 Å². The van der Waals surface area contributed by atoms with Crippen molar-refractivity contribution in [2.45, 2.75) is 51.1 Å². The average molecular weight is 167 g/mol. The van der Waals surface area contributed by atoms with Gasteiger partial charge in [-0.25, -0.2) is 0 Å². The molecule has 1 aliphatic carbocycles. The third-order valence-corrected chi connectivity index (χ3v) is 3.66. The minimum Gasteiger partial charge on any atom is -0.300 e. The van der Waals surface area contributed by atoms with E-state index in [0.29, 0.717) is 11.7 Å². The molecule has 2 atom stereocenters. The molecule has 1 saturated carbocycles. The van der Waals surface area contributed by atoms with E-state index < -0.39 is 0 Å². The van der Waals surface area contributed by atoms with Crippen LogP contribution in [0.5, 0.6) is 0 Å².